The van der Waals surface area contributed by atoms with Crippen LogP contribution >= 0.6 is 23.4 Å². The summed E-state index contributed by atoms with van der Waals surface area (Å²) in [5.74, 6) is 0. The number of aryl methyl sites for hydroxylation is 1. The normalized spacial score (nSPS) is 19.3. The molecule has 6 heteroatoms. The lowest BCUT2D eigenvalue weighted by Gasteiger charge is -2.31. The number of thioether (sulfide) groups is 1. The largest absolute Gasteiger partial charge is 0.243 e. The van der Waals surface area contributed by atoms with Crippen LogP contribution in [0.5, 0.6) is 0 Å². The van der Waals surface area contributed by atoms with E-state index in [4.69, 9.17) is 11.6 Å². The van der Waals surface area contributed by atoms with Crippen LogP contribution in [0.4, 0.5) is 0 Å². The first kappa shape index (κ1) is 17.8. The van der Waals surface area contributed by atoms with Crippen molar-refractivity contribution >= 4 is 33.4 Å². The molecule has 0 amide bonds. The number of hydrogen-bond acceptors (Lipinski definition) is 3. The lowest BCUT2D eigenvalue weighted by molar-refractivity contribution is 0.353. The van der Waals surface area contributed by atoms with Crippen LogP contribution in [0.3, 0.4) is 0 Å². The van der Waals surface area contributed by atoms with Gasteiger partial charge in [-0.3, -0.25) is 0 Å². The molecule has 3 nitrogen and oxygen atoms in total. The highest BCUT2D eigenvalue weighted by molar-refractivity contribution is 8.00. The molecule has 0 N–H and O–H groups in total. The minimum Gasteiger partial charge on any atom is -0.207 e. The van der Waals surface area contributed by atoms with Gasteiger partial charge in [0.05, 0.1) is 9.92 Å². The Hall–Kier alpha value is -1.01. The molecule has 24 heavy (non-hydrogen) atoms. The Kier molecular flexibility index (Phi) is 5.55. The van der Waals surface area contributed by atoms with E-state index in [0.717, 1.165) is 28.3 Å². The van der Waals surface area contributed by atoms with Gasteiger partial charge in [-0.2, -0.15) is 4.31 Å². The van der Waals surface area contributed by atoms with Crippen molar-refractivity contribution in [2.75, 3.05) is 13.1 Å². The maximum Gasteiger partial charge on any atom is 0.243 e. The van der Waals surface area contributed by atoms with E-state index in [1.807, 2.05) is 43.3 Å². The molecule has 128 valence electrons. The van der Waals surface area contributed by atoms with E-state index in [-0.39, 0.29) is 5.25 Å². The van der Waals surface area contributed by atoms with E-state index in [1.54, 1.807) is 28.2 Å². The number of hydrogen-bond donors (Lipinski definition) is 0. The van der Waals surface area contributed by atoms with Crippen molar-refractivity contribution in [3.8, 4) is 0 Å². The zero-order chi connectivity index (χ0) is 17.2. The van der Waals surface area contributed by atoms with Crippen molar-refractivity contribution in [3.63, 3.8) is 0 Å². The van der Waals surface area contributed by atoms with Crippen LogP contribution in [-0.4, -0.2) is 31.1 Å². The highest BCUT2D eigenvalue weighted by Gasteiger charge is 2.30. The summed E-state index contributed by atoms with van der Waals surface area (Å²) in [4.78, 5) is 1.38. The minimum atomic E-state index is -3.43. The van der Waals surface area contributed by atoms with Gasteiger partial charge < -0.3 is 0 Å². The standard InChI is InChI=1S/C18H20ClNO2S2/c1-14-8-10-16(11-9-14)24(21,22)20-12-4-5-15(13-20)23-18-7-3-2-6-17(18)19/h2-3,6-11,15H,4-5,12-13H2,1H3. The van der Waals surface area contributed by atoms with Gasteiger partial charge in [-0.05, 0) is 44.0 Å². The predicted octanol–water partition coefficient (Wildman–Crippen LogP) is 4.59. The number of nitrogens with zero attached hydrogens (tertiary/aromatic N) is 1. The molecule has 0 bridgehead atoms. The smallest absolute Gasteiger partial charge is 0.207 e. The summed E-state index contributed by atoms with van der Waals surface area (Å²) in [6.07, 6.45) is 1.86. The maximum absolute atomic E-state index is 12.9. The number of piperidine rings is 1. The Morgan fingerprint density at radius 3 is 2.54 bits per heavy atom. The summed E-state index contributed by atoms with van der Waals surface area (Å²) >= 11 is 7.90. The van der Waals surface area contributed by atoms with E-state index in [2.05, 4.69) is 0 Å². The van der Waals surface area contributed by atoms with Gasteiger partial charge >= 0.3 is 0 Å². The molecule has 1 aliphatic heterocycles. The number of halogens is 1. The Bertz CT molecular complexity index is 806. The monoisotopic (exact) mass is 381 g/mol. The van der Waals surface area contributed by atoms with Gasteiger partial charge in [0.25, 0.3) is 0 Å². The Morgan fingerprint density at radius 1 is 1.12 bits per heavy atom. The van der Waals surface area contributed by atoms with Crippen LogP contribution in [-0.2, 0) is 10.0 Å². The molecule has 0 radical (unpaired) electrons. The fourth-order valence-electron chi connectivity index (χ4n) is 2.80. The predicted molar refractivity (Wildman–Crippen MR) is 100 cm³/mol. The van der Waals surface area contributed by atoms with Crippen LogP contribution in [0.15, 0.2) is 58.3 Å². The fraction of sp³-hybridized carbons (Fsp3) is 0.333. The van der Waals surface area contributed by atoms with Gasteiger partial charge in [0, 0.05) is 23.2 Å². The van der Waals surface area contributed by atoms with E-state index in [0.29, 0.717) is 18.0 Å². The molecule has 2 aromatic carbocycles. The van der Waals surface area contributed by atoms with E-state index < -0.39 is 10.0 Å². The van der Waals surface area contributed by atoms with E-state index >= 15 is 0 Å². The molecule has 0 saturated carbocycles. The topological polar surface area (TPSA) is 37.4 Å². The lowest BCUT2D eigenvalue weighted by Crippen LogP contribution is -2.41. The fourth-order valence-corrected chi connectivity index (χ4v) is 5.92. The second-order valence-electron chi connectivity index (χ2n) is 5.99. The Labute approximate surface area is 153 Å². The Morgan fingerprint density at radius 2 is 1.83 bits per heavy atom. The molecule has 1 unspecified atom stereocenters. The minimum absolute atomic E-state index is 0.221. The van der Waals surface area contributed by atoms with Crippen LogP contribution in [0.25, 0.3) is 0 Å². The lowest BCUT2D eigenvalue weighted by atomic mass is 10.2. The van der Waals surface area contributed by atoms with Crippen LogP contribution in [0, 0.1) is 6.92 Å². The van der Waals surface area contributed by atoms with Gasteiger partial charge in [0.15, 0.2) is 0 Å². The summed E-state index contributed by atoms with van der Waals surface area (Å²) in [5, 5.41) is 0.944. The molecule has 1 saturated heterocycles. The maximum atomic E-state index is 12.9. The highest BCUT2D eigenvalue weighted by Crippen LogP contribution is 2.35. The first-order chi connectivity index (χ1) is 11.5. The van der Waals surface area contributed by atoms with Crippen molar-refractivity contribution < 1.29 is 8.42 Å². The quantitative estimate of drug-likeness (QED) is 0.777. The van der Waals surface area contributed by atoms with Gasteiger partial charge in [-0.15, -0.1) is 11.8 Å². The molecular weight excluding hydrogens is 362 g/mol. The van der Waals surface area contributed by atoms with E-state index in [1.165, 1.54) is 0 Å². The summed E-state index contributed by atoms with van der Waals surface area (Å²) < 4.78 is 27.3. The van der Waals surface area contributed by atoms with Crippen molar-refractivity contribution in [3.05, 3.63) is 59.1 Å². The molecule has 1 fully saturated rings. The van der Waals surface area contributed by atoms with E-state index in [9.17, 15) is 8.42 Å². The number of rotatable bonds is 4. The van der Waals surface area contributed by atoms with Gasteiger partial charge in [0.1, 0.15) is 0 Å². The van der Waals surface area contributed by atoms with Gasteiger partial charge in [-0.1, -0.05) is 41.4 Å². The first-order valence-corrected chi connectivity index (χ1v) is 10.6. The van der Waals surface area contributed by atoms with Crippen molar-refractivity contribution in [2.24, 2.45) is 0 Å². The second-order valence-corrected chi connectivity index (χ2v) is 9.68. The average molecular weight is 382 g/mol. The first-order valence-electron chi connectivity index (χ1n) is 7.95. The molecule has 3 rings (SSSR count). The third-order valence-electron chi connectivity index (χ3n) is 4.13. The van der Waals surface area contributed by atoms with Crippen molar-refractivity contribution in [2.45, 2.75) is 34.8 Å². The molecule has 2 aromatic rings. The summed E-state index contributed by atoms with van der Waals surface area (Å²) in [7, 11) is -3.43. The summed E-state index contributed by atoms with van der Waals surface area (Å²) in [6, 6.07) is 14.8. The molecule has 0 spiro atoms. The van der Waals surface area contributed by atoms with Gasteiger partial charge in [-0.25, -0.2) is 8.42 Å². The average Bonchev–Trinajstić information content (AvgIpc) is 2.58. The second kappa shape index (κ2) is 7.48. The number of benzene rings is 2. The molecule has 0 aromatic heterocycles. The summed E-state index contributed by atoms with van der Waals surface area (Å²) in [5.41, 5.74) is 1.06. The molecular formula is C18H20ClNO2S2. The van der Waals surface area contributed by atoms with Crippen molar-refractivity contribution in [1.82, 2.24) is 4.31 Å². The van der Waals surface area contributed by atoms with Crippen molar-refractivity contribution in [1.29, 1.82) is 0 Å². The highest BCUT2D eigenvalue weighted by atomic mass is 35.5. The van der Waals surface area contributed by atoms with Crippen LogP contribution in [0.2, 0.25) is 5.02 Å². The third-order valence-corrected chi connectivity index (χ3v) is 7.78. The third kappa shape index (κ3) is 3.97. The van der Waals surface area contributed by atoms with Crippen LogP contribution < -0.4 is 0 Å². The Balaban J connectivity index is 1.75. The van der Waals surface area contributed by atoms with Gasteiger partial charge in [0.2, 0.25) is 10.0 Å². The zero-order valence-corrected chi connectivity index (χ0v) is 15.9. The SMILES string of the molecule is Cc1ccc(S(=O)(=O)N2CCCC(Sc3ccccc3Cl)C2)cc1. The zero-order valence-electron chi connectivity index (χ0n) is 13.5. The molecule has 1 atom stereocenters. The van der Waals surface area contributed by atoms with Crippen LogP contribution in [0.1, 0.15) is 18.4 Å². The molecule has 1 heterocycles. The molecule has 1 aliphatic rings. The number of sulfonamides is 1. The molecule has 0 aliphatic carbocycles. The summed E-state index contributed by atoms with van der Waals surface area (Å²) in [6.45, 7) is 3.05.